The molecule has 0 amide bonds. The van der Waals surface area contributed by atoms with Gasteiger partial charge in [0.25, 0.3) is 0 Å². The van der Waals surface area contributed by atoms with Crippen LogP contribution in [-0.2, 0) is 6.42 Å². The largest absolute Gasteiger partial charge is 0.309 e. The highest BCUT2D eigenvalue weighted by atomic mass is 19.1. The number of hydrogen-bond donors (Lipinski definition) is 0. The van der Waals surface area contributed by atoms with Gasteiger partial charge in [0, 0.05) is 0 Å². The molecule has 0 fully saturated rings. The van der Waals surface area contributed by atoms with Crippen molar-refractivity contribution in [3.63, 3.8) is 0 Å². The number of nitrogens with zero attached hydrogens (tertiary/aromatic N) is 1. The van der Waals surface area contributed by atoms with Crippen LogP contribution in [-0.4, -0.2) is 25.5 Å². The molecular weight excluding hydrogens is 292 g/mol. The van der Waals surface area contributed by atoms with Gasteiger partial charge < -0.3 is 4.90 Å². The summed E-state index contributed by atoms with van der Waals surface area (Å²) in [4.78, 5) is 2.13. The van der Waals surface area contributed by atoms with Crippen molar-refractivity contribution >= 4 is 5.57 Å². The van der Waals surface area contributed by atoms with Crippen LogP contribution in [0, 0.1) is 11.6 Å². The fourth-order valence-electron chi connectivity index (χ4n) is 3.36. The molecule has 0 heterocycles. The molecule has 3 rings (SSSR count). The maximum absolute atomic E-state index is 13.8. The zero-order chi connectivity index (χ0) is 16.6. The Balaban J connectivity index is 2.11. The Labute approximate surface area is 136 Å². The maximum atomic E-state index is 13.8. The summed E-state index contributed by atoms with van der Waals surface area (Å²) >= 11 is 0. The predicted molar refractivity (Wildman–Crippen MR) is 90.6 cm³/mol. The molecule has 0 saturated carbocycles. The molecular formula is C20H21F2N. The fraction of sp³-hybridized carbons (Fsp3) is 0.300. The Hall–Kier alpha value is -2.00. The SMILES string of the molecule is C=C1c2ccc(F)cc2CC(CCN(C)C)c2ccc(F)cc21. The third kappa shape index (κ3) is 3.20. The van der Waals surface area contributed by atoms with Crippen LogP contribution < -0.4 is 0 Å². The molecule has 1 atom stereocenters. The standard InChI is InChI=1S/C20H21F2N/c1-13-18-6-4-16(21)11-15(18)10-14(8-9-23(2)3)19-7-5-17(22)12-20(13)19/h4-7,11-12,14H,1,8-10H2,2-3H3. The molecule has 0 radical (unpaired) electrons. The average Bonchev–Trinajstić information content (AvgIpc) is 2.61. The molecule has 0 aliphatic heterocycles. The quantitative estimate of drug-likeness (QED) is 0.799. The lowest BCUT2D eigenvalue weighted by molar-refractivity contribution is 0.379. The summed E-state index contributed by atoms with van der Waals surface area (Å²) in [5.41, 5.74) is 4.61. The Kier molecular flexibility index (Phi) is 4.31. The van der Waals surface area contributed by atoms with E-state index >= 15 is 0 Å². The molecule has 2 aromatic rings. The topological polar surface area (TPSA) is 3.24 Å². The summed E-state index contributed by atoms with van der Waals surface area (Å²) in [6.45, 7) is 5.09. The van der Waals surface area contributed by atoms with E-state index in [2.05, 4.69) is 11.5 Å². The number of halogens is 2. The van der Waals surface area contributed by atoms with Gasteiger partial charge in [0.1, 0.15) is 11.6 Å². The summed E-state index contributed by atoms with van der Waals surface area (Å²) in [5, 5.41) is 0. The summed E-state index contributed by atoms with van der Waals surface area (Å²) < 4.78 is 27.5. The monoisotopic (exact) mass is 313 g/mol. The van der Waals surface area contributed by atoms with Crippen molar-refractivity contribution in [3.05, 3.63) is 76.9 Å². The second-order valence-corrected chi connectivity index (χ2v) is 6.50. The lowest BCUT2D eigenvalue weighted by Gasteiger charge is -2.20. The van der Waals surface area contributed by atoms with Crippen LogP contribution in [0.15, 0.2) is 43.0 Å². The average molecular weight is 313 g/mol. The lowest BCUT2D eigenvalue weighted by Crippen LogP contribution is -2.17. The molecule has 23 heavy (non-hydrogen) atoms. The van der Waals surface area contributed by atoms with Gasteiger partial charge in [-0.3, -0.25) is 0 Å². The van der Waals surface area contributed by atoms with Crippen molar-refractivity contribution in [1.29, 1.82) is 0 Å². The summed E-state index contributed by atoms with van der Waals surface area (Å²) in [7, 11) is 4.07. The van der Waals surface area contributed by atoms with Crippen molar-refractivity contribution in [3.8, 4) is 0 Å². The molecule has 0 aromatic heterocycles. The second-order valence-electron chi connectivity index (χ2n) is 6.50. The maximum Gasteiger partial charge on any atom is 0.123 e. The minimum atomic E-state index is -0.262. The first-order valence-corrected chi connectivity index (χ1v) is 7.88. The molecule has 1 aliphatic carbocycles. The zero-order valence-corrected chi connectivity index (χ0v) is 13.6. The Morgan fingerprint density at radius 3 is 2.48 bits per heavy atom. The second kappa shape index (κ2) is 6.25. The van der Waals surface area contributed by atoms with E-state index in [0.29, 0.717) is 0 Å². The first kappa shape index (κ1) is 15.9. The highest BCUT2D eigenvalue weighted by Gasteiger charge is 2.25. The van der Waals surface area contributed by atoms with E-state index in [1.54, 1.807) is 18.2 Å². The Bertz CT molecular complexity index is 749. The Morgan fingerprint density at radius 2 is 1.74 bits per heavy atom. The third-order valence-electron chi connectivity index (χ3n) is 4.56. The van der Waals surface area contributed by atoms with E-state index in [4.69, 9.17) is 0 Å². The van der Waals surface area contributed by atoms with Crippen LogP contribution in [0.1, 0.15) is 34.6 Å². The lowest BCUT2D eigenvalue weighted by atomic mass is 9.88. The molecule has 1 nitrogen and oxygen atoms in total. The van der Waals surface area contributed by atoms with Gasteiger partial charge in [0.2, 0.25) is 0 Å². The van der Waals surface area contributed by atoms with Crippen molar-refractivity contribution < 1.29 is 8.78 Å². The number of benzene rings is 2. The van der Waals surface area contributed by atoms with Gasteiger partial charge in [-0.15, -0.1) is 0 Å². The van der Waals surface area contributed by atoms with Crippen molar-refractivity contribution in [1.82, 2.24) is 4.90 Å². The smallest absolute Gasteiger partial charge is 0.123 e. The van der Waals surface area contributed by atoms with E-state index in [1.807, 2.05) is 20.2 Å². The first-order chi connectivity index (χ1) is 11.0. The summed E-state index contributed by atoms with van der Waals surface area (Å²) in [6.07, 6.45) is 1.69. The van der Waals surface area contributed by atoms with Gasteiger partial charge in [-0.05, 0) is 91.5 Å². The Morgan fingerprint density at radius 1 is 1.04 bits per heavy atom. The molecule has 2 aromatic carbocycles. The minimum absolute atomic E-state index is 0.229. The normalized spacial score (nSPS) is 16.9. The molecule has 0 spiro atoms. The van der Waals surface area contributed by atoms with Crippen LogP contribution in [0.4, 0.5) is 8.78 Å². The summed E-state index contributed by atoms with van der Waals surface area (Å²) in [5.74, 6) is -0.269. The highest BCUT2D eigenvalue weighted by molar-refractivity contribution is 5.82. The van der Waals surface area contributed by atoms with Gasteiger partial charge in [-0.1, -0.05) is 18.7 Å². The molecule has 1 aliphatic rings. The van der Waals surface area contributed by atoms with E-state index in [9.17, 15) is 8.78 Å². The van der Waals surface area contributed by atoms with Gasteiger partial charge in [-0.25, -0.2) is 8.78 Å². The van der Waals surface area contributed by atoms with Gasteiger partial charge >= 0.3 is 0 Å². The van der Waals surface area contributed by atoms with Crippen LogP contribution in [0.25, 0.3) is 5.57 Å². The minimum Gasteiger partial charge on any atom is -0.309 e. The first-order valence-electron chi connectivity index (χ1n) is 7.88. The van der Waals surface area contributed by atoms with Crippen molar-refractivity contribution in [2.45, 2.75) is 18.8 Å². The number of hydrogen-bond acceptors (Lipinski definition) is 1. The van der Waals surface area contributed by atoms with E-state index < -0.39 is 0 Å². The van der Waals surface area contributed by atoms with Crippen LogP contribution in [0.5, 0.6) is 0 Å². The van der Waals surface area contributed by atoms with Crippen molar-refractivity contribution in [2.24, 2.45) is 0 Å². The number of fused-ring (bicyclic) bond motifs is 2. The van der Waals surface area contributed by atoms with Gasteiger partial charge in [-0.2, -0.15) is 0 Å². The van der Waals surface area contributed by atoms with Crippen LogP contribution >= 0.6 is 0 Å². The molecule has 0 N–H and O–H groups in total. The molecule has 1 unspecified atom stereocenters. The third-order valence-corrected chi connectivity index (χ3v) is 4.56. The highest BCUT2D eigenvalue weighted by Crippen LogP contribution is 2.39. The predicted octanol–water partition coefficient (Wildman–Crippen LogP) is 4.62. The van der Waals surface area contributed by atoms with Crippen molar-refractivity contribution in [2.75, 3.05) is 20.6 Å². The summed E-state index contributed by atoms with van der Waals surface area (Å²) in [6, 6.07) is 9.72. The number of rotatable bonds is 3. The zero-order valence-electron chi connectivity index (χ0n) is 13.6. The van der Waals surface area contributed by atoms with E-state index in [-0.39, 0.29) is 17.6 Å². The van der Waals surface area contributed by atoms with Crippen LogP contribution in [0.3, 0.4) is 0 Å². The molecule has 120 valence electrons. The van der Waals surface area contributed by atoms with Crippen LogP contribution in [0.2, 0.25) is 0 Å². The molecule has 0 saturated heterocycles. The van der Waals surface area contributed by atoms with E-state index in [0.717, 1.165) is 47.2 Å². The molecule has 0 bridgehead atoms. The van der Waals surface area contributed by atoms with E-state index in [1.165, 1.54) is 12.1 Å². The molecule has 3 heteroatoms. The van der Waals surface area contributed by atoms with Gasteiger partial charge in [0.15, 0.2) is 0 Å². The van der Waals surface area contributed by atoms with Gasteiger partial charge in [0.05, 0.1) is 0 Å². The fourth-order valence-corrected chi connectivity index (χ4v) is 3.36.